The van der Waals surface area contributed by atoms with Crippen LogP contribution in [0.25, 0.3) is 5.76 Å². The average molecular weight is 465 g/mol. The third kappa shape index (κ3) is 4.47. The number of aromatic nitrogens is 1. The van der Waals surface area contributed by atoms with Crippen LogP contribution in [0.4, 0.5) is 5.13 Å². The average Bonchev–Trinajstić information content (AvgIpc) is 3.45. The van der Waals surface area contributed by atoms with E-state index in [1.165, 1.54) is 16.2 Å². The van der Waals surface area contributed by atoms with E-state index >= 15 is 0 Å². The number of aliphatic hydroxyl groups excluding tert-OH is 1. The van der Waals surface area contributed by atoms with Crippen molar-refractivity contribution < 1.29 is 24.2 Å². The van der Waals surface area contributed by atoms with Gasteiger partial charge in [0.25, 0.3) is 5.78 Å². The molecule has 1 saturated heterocycles. The molecule has 170 valence electrons. The van der Waals surface area contributed by atoms with Crippen molar-refractivity contribution in [3.8, 4) is 11.5 Å². The summed E-state index contributed by atoms with van der Waals surface area (Å²) >= 11 is 1.25. The lowest BCUT2D eigenvalue weighted by molar-refractivity contribution is -0.132. The highest BCUT2D eigenvalue weighted by Gasteiger charge is 2.48. The Morgan fingerprint density at radius 2 is 1.88 bits per heavy atom. The SMILES string of the molecule is CCCOc1cccc(C2C(=C(O)c3ccc(OCC)cc3)C(=O)C(=O)N2c2nccs2)c1. The highest BCUT2D eigenvalue weighted by Crippen LogP contribution is 2.43. The van der Waals surface area contributed by atoms with E-state index < -0.39 is 17.7 Å². The maximum atomic E-state index is 13.1. The van der Waals surface area contributed by atoms with Gasteiger partial charge in [0.1, 0.15) is 17.3 Å². The molecule has 7 nitrogen and oxygen atoms in total. The van der Waals surface area contributed by atoms with E-state index in [1.807, 2.05) is 19.9 Å². The van der Waals surface area contributed by atoms with Crippen molar-refractivity contribution in [1.29, 1.82) is 0 Å². The number of rotatable bonds is 8. The lowest BCUT2D eigenvalue weighted by Crippen LogP contribution is -2.29. The molecule has 1 unspecified atom stereocenters. The van der Waals surface area contributed by atoms with Crippen LogP contribution in [-0.4, -0.2) is 35.0 Å². The molecule has 1 atom stereocenters. The number of anilines is 1. The van der Waals surface area contributed by atoms with Crippen molar-refractivity contribution in [3.63, 3.8) is 0 Å². The second kappa shape index (κ2) is 9.87. The zero-order valence-corrected chi connectivity index (χ0v) is 19.2. The van der Waals surface area contributed by atoms with Crippen LogP contribution < -0.4 is 14.4 Å². The number of hydrogen-bond acceptors (Lipinski definition) is 7. The Bertz CT molecular complexity index is 1170. The van der Waals surface area contributed by atoms with E-state index in [2.05, 4.69) is 4.98 Å². The molecule has 1 amide bonds. The summed E-state index contributed by atoms with van der Waals surface area (Å²) in [5, 5.41) is 13.3. The van der Waals surface area contributed by atoms with Crippen molar-refractivity contribution >= 4 is 33.9 Å². The summed E-state index contributed by atoms with van der Waals surface area (Å²) in [6, 6.07) is 13.1. The minimum Gasteiger partial charge on any atom is -0.507 e. The minimum atomic E-state index is -0.840. The molecule has 1 aromatic heterocycles. The molecule has 1 aliphatic rings. The van der Waals surface area contributed by atoms with Gasteiger partial charge in [0.15, 0.2) is 5.13 Å². The van der Waals surface area contributed by atoms with Gasteiger partial charge in [-0.05, 0) is 55.3 Å². The Morgan fingerprint density at radius 1 is 1.09 bits per heavy atom. The first-order valence-corrected chi connectivity index (χ1v) is 11.6. The molecule has 4 rings (SSSR count). The molecule has 0 aliphatic carbocycles. The highest BCUT2D eigenvalue weighted by molar-refractivity contribution is 7.14. The standard InChI is InChI=1S/C25H24N2O5S/c1-3-13-32-19-7-5-6-17(15-19)21-20(22(28)16-8-10-18(11-9-16)31-4-2)23(29)24(30)27(21)25-26-12-14-33-25/h5-12,14-15,21,28H,3-4,13H2,1-2H3. The first-order valence-electron chi connectivity index (χ1n) is 10.7. The van der Waals surface area contributed by atoms with Crippen molar-refractivity contribution in [2.45, 2.75) is 26.3 Å². The summed E-state index contributed by atoms with van der Waals surface area (Å²) in [7, 11) is 0. The summed E-state index contributed by atoms with van der Waals surface area (Å²) < 4.78 is 11.2. The fourth-order valence-electron chi connectivity index (χ4n) is 3.71. The van der Waals surface area contributed by atoms with E-state index in [0.29, 0.717) is 41.0 Å². The van der Waals surface area contributed by atoms with Crippen LogP contribution in [0.5, 0.6) is 11.5 Å². The van der Waals surface area contributed by atoms with E-state index in [1.54, 1.807) is 54.0 Å². The largest absolute Gasteiger partial charge is 0.507 e. The van der Waals surface area contributed by atoms with Crippen LogP contribution in [0.15, 0.2) is 65.7 Å². The van der Waals surface area contributed by atoms with Gasteiger partial charge in [0.2, 0.25) is 0 Å². The number of benzene rings is 2. The molecule has 8 heteroatoms. The fraction of sp³-hybridized carbons (Fsp3) is 0.240. The first-order chi connectivity index (χ1) is 16.0. The Hall–Kier alpha value is -3.65. The molecule has 1 N–H and O–H groups in total. The van der Waals surface area contributed by atoms with Crippen LogP contribution in [0.1, 0.15) is 37.4 Å². The third-order valence-electron chi connectivity index (χ3n) is 5.16. The number of ketones is 1. The number of amides is 1. The van der Waals surface area contributed by atoms with Gasteiger partial charge in [0, 0.05) is 17.1 Å². The lowest BCUT2D eigenvalue weighted by Gasteiger charge is -2.23. The molecule has 0 radical (unpaired) electrons. The second-order valence-corrected chi connectivity index (χ2v) is 8.24. The number of thiazole rings is 1. The minimum absolute atomic E-state index is 0.00648. The van der Waals surface area contributed by atoms with E-state index in [0.717, 1.165) is 6.42 Å². The Morgan fingerprint density at radius 3 is 2.55 bits per heavy atom. The molecular formula is C25H24N2O5S. The number of hydrogen-bond donors (Lipinski definition) is 1. The van der Waals surface area contributed by atoms with Crippen LogP contribution in [0.2, 0.25) is 0 Å². The van der Waals surface area contributed by atoms with Gasteiger partial charge >= 0.3 is 5.91 Å². The van der Waals surface area contributed by atoms with Crippen molar-refractivity contribution in [1.82, 2.24) is 4.98 Å². The molecule has 2 aromatic carbocycles. The smallest absolute Gasteiger partial charge is 0.301 e. The summed E-state index contributed by atoms with van der Waals surface area (Å²) in [6.45, 7) is 4.95. The van der Waals surface area contributed by atoms with E-state index in [-0.39, 0.29) is 11.3 Å². The summed E-state index contributed by atoms with van der Waals surface area (Å²) in [5.74, 6) is -0.473. The molecule has 1 fully saturated rings. The fourth-order valence-corrected chi connectivity index (χ4v) is 4.37. The predicted octanol–water partition coefficient (Wildman–Crippen LogP) is 4.96. The van der Waals surface area contributed by atoms with E-state index in [4.69, 9.17) is 9.47 Å². The number of nitrogens with zero attached hydrogens (tertiary/aromatic N) is 2. The van der Waals surface area contributed by atoms with Gasteiger partial charge in [-0.15, -0.1) is 11.3 Å². The molecule has 0 bridgehead atoms. The van der Waals surface area contributed by atoms with Crippen molar-refractivity contribution in [3.05, 3.63) is 76.8 Å². The van der Waals surface area contributed by atoms with Gasteiger partial charge in [-0.2, -0.15) is 0 Å². The number of Topliss-reactive ketones (excluding diaryl/α,β-unsaturated/α-hetero) is 1. The zero-order chi connectivity index (χ0) is 23.4. The lowest BCUT2D eigenvalue weighted by atomic mass is 9.95. The monoisotopic (exact) mass is 464 g/mol. The number of ether oxygens (including phenoxy) is 2. The first kappa shape index (κ1) is 22.5. The number of carbonyl (C=O) groups is 2. The molecule has 1 aliphatic heterocycles. The maximum Gasteiger partial charge on any atom is 0.301 e. The summed E-state index contributed by atoms with van der Waals surface area (Å²) in [5.41, 5.74) is 1.07. The summed E-state index contributed by atoms with van der Waals surface area (Å²) in [4.78, 5) is 31.8. The van der Waals surface area contributed by atoms with Gasteiger partial charge in [-0.25, -0.2) is 4.98 Å². The molecule has 0 saturated carbocycles. The molecule has 0 spiro atoms. The van der Waals surface area contributed by atoms with E-state index in [9.17, 15) is 14.7 Å². The molecule has 3 aromatic rings. The highest BCUT2D eigenvalue weighted by atomic mass is 32.1. The third-order valence-corrected chi connectivity index (χ3v) is 5.93. The van der Waals surface area contributed by atoms with Crippen molar-refractivity contribution in [2.75, 3.05) is 18.1 Å². The van der Waals surface area contributed by atoms with Gasteiger partial charge in [0.05, 0.1) is 24.8 Å². The van der Waals surface area contributed by atoms with Gasteiger partial charge in [-0.3, -0.25) is 14.5 Å². The quantitative estimate of drug-likeness (QED) is 0.288. The summed E-state index contributed by atoms with van der Waals surface area (Å²) in [6.07, 6.45) is 2.42. The molecule has 2 heterocycles. The van der Waals surface area contributed by atoms with Crippen LogP contribution >= 0.6 is 11.3 Å². The second-order valence-electron chi connectivity index (χ2n) is 7.36. The van der Waals surface area contributed by atoms with Crippen LogP contribution in [0.3, 0.4) is 0 Å². The zero-order valence-electron chi connectivity index (χ0n) is 18.4. The van der Waals surface area contributed by atoms with Gasteiger partial charge < -0.3 is 14.6 Å². The molecule has 33 heavy (non-hydrogen) atoms. The number of aliphatic hydroxyl groups is 1. The Kier molecular flexibility index (Phi) is 6.74. The Balaban J connectivity index is 1.84. The molecular weight excluding hydrogens is 440 g/mol. The topological polar surface area (TPSA) is 89.0 Å². The predicted molar refractivity (Wildman–Crippen MR) is 127 cm³/mol. The van der Waals surface area contributed by atoms with Crippen LogP contribution in [0, 0.1) is 0 Å². The number of carbonyl (C=O) groups excluding carboxylic acids is 2. The maximum absolute atomic E-state index is 13.1. The van der Waals surface area contributed by atoms with Gasteiger partial charge in [-0.1, -0.05) is 19.1 Å². The van der Waals surface area contributed by atoms with Crippen LogP contribution in [-0.2, 0) is 9.59 Å². The Labute approximate surface area is 195 Å². The normalized spacial score (nSPS) is 17.4. The van der Waals surface area contributed by atoms with Crippen molar-refractivity contribution in [2.24, 2.45) is 0 Å².